The molecule has 1 aromatic rings. The zero-order valence-electron chi connectivity index (χ0n) is 7.11. The molecule has 0 aromatic heterocycles. The first kappa shape index (κ1) is 12.4. The molecule has 3 N–H and O–H groups in total. The minimum atomic E-state index is -0.299. The molecule has 0 heterocycles. The third-order valence-corrected chi connectivity index (χ3v) is 1.62. The summed E-state index contributed by atoms with van der Waals surface area (Å²) in [5.74, 6) is -0.266. The van der Waals surface area contributed by atoms with Gasteiger partial charge in [-0.2, -0.15) is 0 Å². The monoisotopic (exact) mass is 205 g/mol. The van der Waals surface area contributed by atoms with Crippen molar-refractivity contribution in [3.8, 4) is 0 Å². The third kappa shape index (κ3) is 4.22. The SMILES string of the molecule is Cl.N[C@H](CO)Cc1cccc(F)c1. The van der Waals surface area contributed by atoms with Gasteiger partial charge in [0, 0.05) is 6.04 Å². The van der Waals surface area contributed by atoms with Crippen molar-refractivity contribution in [1.82, 2.24) is 0 Å². The molecule has 0 aliphatic carbocycles. The van der Waals surface area contributed by atoms with Crippen LogP contribution in [0.4, 0.5) is 4.39 Å². The van der Waals surface area contributed by atoms with Crippen LogP contribution >= 0.6 is 12.4 Å². The van der Waals surface area contributed by atoms with E-state index in [1.165, 1.54) is 12.1 Å². The zero-order chi connectivity index (χ0) is 8.97. The summed E-state index contributed by atoms with van der Waals surface area (Å²) in [5, 5.41) is 8.65. The molecule has 4 heteroatoms. The Morgan fingerprint density at radius 1 is 1.46 bits per heavy atom. The first-order chi connectivity index (χ1) is 5.72. The van der Waals surface area contributed by atoms with Crippen LogP contribution in [0.2, 0.25) is 0 Å². The van der Waals surface area contributed by atoms with Gasteiger partial charge in [0.05, 0.1) is 6.61 Å². The van der Waals surface area contributed by atoms with Crippen LogP contribution < -0.4 is 5.73 Å². The Morgan fingerprint density at radius 2 is 2.15 bits per heavy atom. The highest BCUT2D eigenvalue weighted by Gasteiger charge is 2.02. The van der Waals surface area contributed by atoms with E-state index in [2.05, 4.69) is 0 Å². The summed E-state index contributed by atoms with van der Waals surface area (Å²) < 4.78 is 12.6. The fraction of sp³-hybridized carbons (Fsp3) is 0.333. The molecule has 0 aliphatic rings. The molecule has 1 aromatic carbocycles. The predicted octanol–water partition coefficient (Wildman–Crippen LogP) is 1.11. The number of hydrogen-bond acceptors (Lipinski definition) is 2. The van der Waals surface area contributed by atoms with Gasteiger partial charge >= 0.3 is 0 Å². The number of nitrogens with two attached hydrogens (primary N) is 1. The third-order valence-electron chi connectivity index (χ3n) is 1.62. The average molecular weight is 206 g/mol. The first-order valence-electron chi connectivity index (χ1n) is 3.83. The van der Waals surface area contributed by atoms with Crippen molar-refractivity contribution < 1.29 is 9.50 Å². The molecule has 0 radical (unpaired) electrons. The van der Waals surface area contributed by atoms with Crippen LogP contribution in [0, 0.1) is 5.82 Å². The minimum absolute atomic E-state index is 0. The Morgan fingerprint density at radius 3 is 2.69 bits per heavy atom. The van der Waals surface area contributed by atoms with Gasteiger partial charge in [-0.1, -0.05) is 12.1 Å². The molecule has 1 rings (SSSR count). The van der Waals surface area contributed by atoms with E-state index in [1.54, 1.807) is 12.1 Å². The Bertz CT molecular complexity index is 257. The number of benzene rings is 1. The molecule has 0 fully saturated rings. The minimum Gasteiger partial charge on any atom is -0.395 e. The molecule has 74 valence electrons. The van der Waals surface area contributed by atoms with Gasteiger partial charge in [0.1, 0.15) is 5.82 Å². The number of aliphatic hydroxyl groups excluding tert-OH is 1. The van der Waals surface area contributed by atoms with Crippen molar-refractivity contribution in [2.45, 2.75) is 12.5 Å². The molecule has 13 heavy (non-hydrogen) atoms. The highest BCUT2D eigenvalue weighted by Crippen LogP contribution is 2.05. The van der Waals surface area contributed by atoms with E-state index in [-0.39, 0.29) is 30.9 Å². The van der Waals surface area contributed by atoms with Crippen molar-refractivity contribution in [2.75, 3.05) is 6.61 Å². The molecular formula is C9H13ClFNO. The fourth-order valence-corrected chi connectivity index (χ4v) is 1.03. The summed E-state index contributed by atoms with van der Waals surface area (Å²) in [5.41, 5.74) is 6.30. The maximum atomic E-state index is 12.6. The van der Waals surface area contributed by atoms with Gasteiger partial charge in [-0.05, 0) is 24.1 Å². The second kappa shape index (κ2) is 5.91. The average Bonchev–Trinajstić information content (AvgIpc) is 2.04. The smallest absolute Gasteiger partial charge is 0.123 e. The quantitative estimate of drug-likeness (QED) is 0.777. The number of rotatable bonds is 3. The number of aliphatic hydroxyl groups is 1. The lowest BCUT2D eigenvalue weighted by Gasteiger charge is -2.07. The molecule has 0 aliphatic heterocycles. The molecule has 0 saturated heterocycles. The van der Waals surface area contributed by atoms with Gasteiger partial charge in [-0.15, -0.1) is 12.4 Å². The van der Waals surface area contributed by atoms with E-state index in [0.717, 1.165) is 5.56 Å². The summed E-state index contributed by atoms with van der Waals surface area (Å²) in [4.78, 5) is 0. The molecule has 1 atom stereocenters. The Kier molecular flexibility index (Phi) is 5.62. The Balaban J connectivity index is 0.00000144. The predicted molar refractivity (Wildman–Crippen MR) is 52.4 cm³/mol. The Hall–Kier alpha value is -0.640. The van der Waals surface area contributed by atoms with Crippen LogP contribution in [-0.2, 0) is 6.42 Å². The van der Waals surface area contributed by atoms with Crippen molar-refractivity contribution in [3.63, 3.8) is 0 Å². The fourth-order valence-electron chi connectivity index (χ4n) is 1.03. The van der Waals surface area contributed by atoms with Crippen molar-refractivity contribution >= 4 is 12.4 Å². The van der Waals surface area contributed by atoms with Crippen LogP contribution in [0.3, 0.4) is 0 Å². The van der Waals surface area contributed by atoms with Crippen molar-refractivity contribution in [1.29, 1.82) is 0 Å². The first-order valence-corrected chi connectivity index (χ1v) is 3.83. The molecule has 0 bridgehead atoms. The van der Waals surface area contributed by atoms with Crippen LogP contribution in [0.15, 0.2) is 24.3 Å². The standard InChI is InChI=1S/C9H12FNO.ClH/c10-8-3-1-2-7(4-8)5-9(11)6-12;/h1-4,9,12H,5-6,11H2;1H/t9-;/m0./s1. The van der Waals surface area contributed by atoms with E-state index in [0.29, 0.717) is 6.42 Å². The van der Waals surface area contributed by atoms with Crippen LogP contribution in [0.25, 0.3) is 0 Å². The largest absolute Gasteiger partial charge is 0.395 e. The van der Waals surface area contributed by atoms with Gasteiger partial charge in [0.15, 0.2) is 0 Å². The summed E-state index contributed by atoms with van der Waals surface area (Å²) in [6, 6.07) is 5.93. The molecule has 0 amide bonds. The lowest BCUT2D eigenvalue weighted by atomic mass is 10.1. The normalized spacial score (nSPS) is 11.9. The molecule has 0 saturated carbocycles. The van der Waals surface area contributed by atoms with Crippen LogP contribution in [0.1, 0.15) is 5.56 Å². The van der Waals surface area contributed by atoms with Crippen molar-refractivity contribution in [3.05, 3.63) is 35.6 Å². The summed E-state index contributed by atoms with van der Waals surface area (Å²) in [6.45, 7) is -0.0729. The second-order valence-electron chi connectivity index (χ2n) is 2.78. The topological polar surface area (TPSA) is 46.2 Å². The van der Waals surface area contributed by atoms with Crippen molar-refractivity contribution in [2.24, 2.45) is 5.73 Å². The van der Waals surface area contributed by atoms with E-state index in [1.807, 2.05) is 0 Å². The zero-order valence-corrected chi connectivity index (χ0v) is 7.93. The van der Waals surface area contributed by atoms with Crippen LogP contribution in [0.5, 0.6) is 0 Å². The van der Waals surface area contributed by atoms with Gasteiger partial charge in [-0.3, -0.25) is 0 Å². The van der Waals surface area contributed by atoms with E-state index in [4.69, 9.17) is 10.8 Å². The van der Waals surface area contributed by atoms with Crippen LogP contribution in [-0.4, -0.2) is 17.8 Å². The lowest BCUT2D eigenvalue weighted by Crippen LogP contribution is -2.26. The number of halogens is 2. The lowest BCUT2D eigenvalue weighted by molar-refractivity contribution is 0.265. The molecular weight excluding hydrogens is 193 g/mol. The highest BCUT2D eigenvalue weighted by atomic mass is 35.5. The maximum absolute atomic E-state index is 12.6. The van der Waals surface area contributed by atoms with Gasteiger partial charge in [0.25, 0.3) is 0 Å². The highest BCUT2D eigenvalue weighted by molar-refractivity contribution is 5.85. The van der Waals surface area contributed by atoms with E-state index in [9.17, 15) is 4.39 Å². The molecule has 0 spiro atoms. The maximum Gasteiger partial charge on any atom is 0.123 e. The van der Waals surface area contributed by atoms with E-state index >= 15 is 0 Å². The Labute approximate surface area is 83.0 Å². The number of hydrogen-bond donors (Lipinski definition) is 2. The second-order valence-corrected chi connectivity index (χ2v) is 2.78. The van der Waals surface area contributed by atoms with Gasteiger partial charge in [0.2, 0.25) is 0 Å². The summed E-state index contributed by atoms with van der Waals surface area (Å²) in [7, 11) is 0. The molecule has 2 nitrogen and oxygen atoms in total. The summed E-state index contributed by atoms with van der Waals surface area (Å²) in [6.07, 6.45) is 0.508. The van der Waals surface area contributed by atoms with E-state index < -0.39 is 0 Å². The summed E-state index contributed by atoms with van der Waals surface area (Å²) >= 11 is 0. The van der Waals surface area contributed by atoms with Gasteiger partial charge in [-0.25, -0.2) is 4.39 Å². The van der Waals surface area contributed by atoms with Gasteiger partial charge < -0.3 is 10.8 Å². The molecule has 0 unspecified atom stereocenters.